The van der Waals surface area contributed by atoms with Crippen molar-refractivity contribution in [3.05, 3.63) is 47.5 Å². The van der Waals surface area contributed by atoms with E-state index in [2.05, 4.69) is 76.4 Å². The van der Waals surface area contributed by atoms with Crippen LogP contribution in [-0.4, -0.2) is 12.6 Å². The molecule has 0 bridgehead atoms. The van der Waals surface area contributed by atoms with Gasteiger partial charge in [-0.25, -0.2) is 0 Å². The highest BCUT2D eigenvalue weighted by Gasteiger charge is 2.33. The van der Waals surface area contributed by atoms with E-state index in [0.717, 1.165) is 19.4 Å². The minimum Gasteiger partial charge on any atom is -0.314 e. The van der Waals surface area contributed by atoms with E-state index in [4.69, 9.17) is 0 Å². The topological polar surface area (TPSA) is 12.0 Å². The van der Waals surface area contributed by atoms with Crippen LogP contribution in [0.25, 0.3) is 0 Å². The molecule has 0 unspecified atom stereocenters. The summed E-state index contributed by atoms with van der Waals surface area (Å²) in [4.78, 5) is 0. The smallest absolute Gasteiger partial charge is 0.0147 e. The van der Waals surface area contributed by atoms with E-state index >= 15 is 0 Å². The molecular weight excluding hydrogens is 242 g/mol. The van der Waals surface area contributed by atoms with Crippen LogP contribution in [0.3, 0.4) is 0 Å². The van der Waals surface area contributed by atoms with Crippen molar-refractivity contribution in [3.8, 4) is 0 Å². The van der Waals surface area contributed by atoms with Crippen molar-refractivity contribution in [2.45, 2.75) is 64.3 Å². The van der Waals surface area contributed by atoms with E-state index in [1.54, 1.807) is 0 Å². The Morgan fingerprint density at radius 1 is 1.05 bits per heavy atom. The number of hydrogen-bond donors (Lipinski definition) is 1. The van der Waals surface area contributed by atoms with E-state index in [1.165, 1.54) is 11.1 Å². The Kier molecular flexibility index (Phi) is 4.39. The summed E-state index contributed by atoms with van der Waals surface area (Å²) >= 11 is 0. The minimum absolute atomic E-state index is 0.232. The molecule has 1 aromatic carbocycles. The van der Waals surface area contributed by atoms with Crippen LogP contribution < -0.4 is 5.32 Å². The highest BCUT2D eigenvalue weighted by molar-refractivity contribution is 5.35. The highest BCUT2D eigenvalue weighted by atomic mass is 14.9. The lowest BCUT2D eigenvalue weighted by atomic mass is 9.76. The summed E-state index contributed by atoms with van der Waals surface area (Å²) in [6.45, 7) is 12.3. The predicted octanol–water partition coefficient (Wildman–Crippen LogP) is 4.57. The molecule has 1 aliphatic carbocycles. The lowest BCUT2D eigenvalue weighted by Crippen LogP contribution is -2.39. The first-order valence-electron chi connectivity index (χ1n) is 7.83. The van der Waals surface area contributed by atoms with Gasteiger partial charge in [-0.05, 0) is 29.4 Å². The lowest BCUT2D eigenvalue weighted by Gasteiger charge is -2.32. The Morgan fingerprint density at radius 2 is 1.60 bits per heavy atom. The second kappa shape index (κ2) is 5.73. The van der Waals surface area contributed by atoms with Gasteiger partial charge in [-0.3, -0.25) is 0 Å². The molecule has 110 valence electrons. The van der Waals surface area contributed by atoms with Crippen LogP contribution >= 0.6 is 0 Å². The fraction of sp³-hybridized carbons (Fsp3) is 0.579. The monoisotopic (exact) mass is 271 g/mol. The fourth-order valence-electron chi connectivity index (χ4n) is 2.91. The first kappa shape index (κ1) is 15.3. The summed E-state index contributed by atoms with van der Waals surface area (Å²) < 4.78 is 0. The van der Waals surface area contributed by atoms with E-state index < -0.39 is 0 Å². The first-order valence-corrected chi connectivity index (χ1v) is 7.83. The average molecular weight is 271 g/mol. The standard InChI is InChI=1S/C19H29N/c1-15(2)20-14-19(12-6-7-13-19)17-10-8-16(9-11-17)18(3,4)5/h6-11,15,20H,12-14H2,1-5H3. The van der Waals surface area contributed by atoms with Gasteiger partial charge in [0.15, 0.2) is 0 Å². The molecule has 0 heterocycles. The fourth-order valence-corrected chi connectivity index (χ4v) is 2.91. The molecular formula is C19H29N. The number of allylic oxidation sites excluding steroid dienone is 2. The first-order chi connectivity index (χ1) is 9.33. The summed E-state index contributed by atoms with van der Waals surface area (Å²) in [5, 5.41) is 3.63. The molecule has 1 heteroatoms. The van der Waals surface area contributed by atoms with Gasteiger partial charge in [0.1, 0.15) is 0 Å². The molecule has 0 aliphatic heterocycles. The predicted molar refractivity (Wildman–Crippen MR) is 88.3 cm³/mol. The third-order valence-corrected chi connectivity index (χ3v) is 4.40. The van der Waals surface area contributed by atoms with Crippen LogP contribution in [0.1, 0.15) is 58.6 Å². The van der Waals surface area contributed by atoms with E-state index in [-0.39, 0.29) is 10.8 Å². The molecule has 0 aromatic heterocycles. The molecule has 2 rings (SSSR count). The zero-order chi connectivity index (χ0) is 14.8. The third-order valence-electron chi connectivity index (χ3n) is 4.40. The van der Waals surface area contributed by atoms with Crippen LogP contribution in [0.5, 0.6) is 0 Å². The SMILES string of the molecule is CC(C)NCC1(c2ccc(C(C)(C)C)cc2)CC=CC1. The molecule has 0 radical (unpaired) electrons. The molecule has 0 amide bonds. The van der Waals surface area contributed by atoms with Crippen LogP contribution in [0.2, 0.25) is 0 Å². The lowest BCUT2D eigenvalue weighted by molar-refractivity contribution is 0.398. The average Bonchev–Trinajstić information content (AvgIpc) is 2.85. The maximum Gasteiger partial charge on any atom is 0.0147 e. The molecule has 1 N–H and O–H groups in total. The number of benzene rings is 1. The summed E-state index contributed by atoms with van der Waals surface area (Å²) in [5.41, 5.74) is 3.39. The van der Waals surface area contributed by atoms with Crippen molar-refractivity contribution in [3.63, 3.8) is 0 Å². The minimum atomic E-state index is 0.232. The molecule has 20 heavy (non-hydrogen) atoms. The van der Waals surface area contributed by atoms with Gasteiger partial charge in [0, 0.05) is 18.0 Å². The molecule has 1 nitrogen and oxygen atoms in total. The van der Waals surface area contributed by atoms with Gasteiger partial charge < -0.3 is 5.32 Å². The van der Waals surface area contributed by atoms with E-state index in [9.17, 15) is 0 Å². The largest absolute Gasteiger partial charge is 0.314 e. The molecule has 1 aromatic rings. The molecule has 0 spiro atoms. The molecule has 1 aliphatic rings. The maximum absolute atomic E-state index is 3.63. The summed E-state index contributed by atoms with van der Waals surface area (Å²) in [5.74, 6) is 0. The normalized spacial score (nSPS) is 17.9. The highest BCUT2D eigenvalue weighted by Crippen LogP contribution is 2.37. The number of hydrogen-bond acceptors (Lipinski definition) is 1. The Hall–Kier alpha value is -1.08. The van der Waals surface area contributed by atoms with Gasteiger partial charge in [0.05, 0.1) is 0 Å². The van der Waals surface area contributed by atoms with Gasteiger partial charge in [-0.1, -0.05) is 71.0 Å². The van der Waals surface area contributed by atoms with Gasteiger partial charge in [-0.15, -0.1) is 0 Å². The second-order valence-electron chi connectivity index (χ2n) is 7.52. The van der Waals surface area contributed by atoms with Crippen molar-refractivity contribution >= 4 is 0 Å². The van der Waals surface area contributed by atoms with Gasteiger partial charge >= 0.3 is 0 Å². The zero-order valence-electron chi connectivity index (χ0n) is 13.7. The van der Waals surface area contributed by atoms with Crippen LogP contribution in [0.4, 0.5) is 0 Å². The second-order valence-corrected chi connectivity index (χ2v) is 7.52. The Labute approximate surface area is 124 Å². The van der Waals surface area contributed by atoms with Crippen molar-refractivity contribution in [1.82, 2.24) is 5.32 Å². The van der Waals surface area contributed by atoms with Crippen LogP contribution in [0, 0.1) is 0 Å². The van der Waals surface area contributed by atoms with Gasteiger partial charge in [0.25, 0.3) is 0 Å². The Morgan fingerprint density at radius 3 is 2.05 bits per heavy atom. The van der Waals surface area contributed by atoms with Crippen molar-refractivity contribution in [2.75, 3.05) is 6.54 Å². The summed E-state index contributed by atoms with van der Waals surface area (Å²) in [6.07, 6.45) is 6.97. The number of rotatable bonds is 4. The quantitative estimate of drug-likeness (QED) is 0.791. The Balaban J connectivity index is 2.22. The zero-order valence-corrected chi connectivity index (χ0v) is 13.7. The van der Waals surface area contributed by atoms with E-state index in [0.29, 0.717) is 6.04 Å². The molecule has 0 saturated heterocycles. The van der Waals surface area contributed by atoms with Crippen molar-refractivity contribution in [2.24, 2.45) is 0 Å². The number of nitrogens with one attached hydrogen (secondary N) is 1. The van der Waals surface area contributed by atoms with Crippen LogP contribution in [0.15, 0.2) is 36.4 Å². The van der Waals surface area contributed by atoms with Crippen molar-refractivity contribution < 1.29 is 0 Å². The van der Waals surface area contributed by atoms with Gasteiger partial charge in [0.2, 0.25) is 0 Å². The maximum atomic E-state index is 3.63. The third kappa shape index (κ3) is 3.32. The summed E-state index contributed by atoms with van der Waals surface area (Å²) in [7, 11) is 0. The molecule has 0 saturated carbocycles. The molecule has 0 atom stereocenters. The van der Waals surface area contributed by atoms with E-state index in [1.807, 2.05) is 0 Å². The van der Waals surface area contributed by atoms with Gasteiger partial charge in [-0.2, -0.15) is 0 Å². The summed E-state index contributed by atoms with van der Waals surface area (Å²) in [6, 6.07) is 9.85. The van der Waals surface area contributed by atoms with Crippen molar-refractivity contribution in [1.29, 1.82) is 0 Å². The Bertz CT molecular complexity index is 452. The molecule has 0 fully saturated rings. The van der Waals surface area contributed by atoms with Crippen LogP contribution in [-0.2, 0) is 10.8 Å².